The van der Waals surface area contributed by atoms with Gasteiger partial charge >= 0.3 is 0 Å². The summed E-state index contributed by atoms with van der Waals surface area (Å²) < 4.78 is 5.52. The van der Waals surface area contributed by atoms with E-state index in [1.165, 1.54) is 17.0 Å². The molecule has 0 aromatic heterocycles. The quantitative estimate of drug-likeness (QED) is 0.626. The largest absolute Gasteiger partial charge is 0.477 e. The number of likely N-dealkylation sites (N-methyl/N-ethyl adjacent to an activating group) is 1. The molecule has 2 unspecified atom stereocenters. The van der Waals surface area contributed by atoms with Crippen molar-refractivity contribution in [3.8, 4) is 5.75 Å². The van der Waals surface area contributed by atoms with Crippen molar-refractivity contribution in [2.24, 2.45) is 0 Å². The van der Waals surface area contributed by atoms with Crippen LogP contribution in [0.5, 0.6) is 5.75 Å². The third kappa shape index (κ3) is 3.00. The van der Waals surface area contributed by atoms with Crippen LogP contribution < -0.4 is 9.64 Å². The van der Waals surface area contributed by atoms with Crippen LogP contribution in [0, 0.1) is 10.1 Å². The molecule has 8 heteroatoms. The Morgan fingerprint density at radius 3 is 2.68 bits per heavy atom. The molecule has 0 saturated heterocycles. The molecule has 1 aliphatic rings. The molecular formula is C14H18ClN3O4. The summed E-state index contributed by atoms with van der Waals surface area (Å²) in [6.45, 7) is 3.99. The third-order valence-corrected chi connectivity index (χ3v) is 4.03. The topological polar surface area (TPSA) is 75.9 Å². The number of nitrogens with zero attached hydrogens (tertiary/aromatic N) is 3. The lowest BCUT2D eigenvalue weighted by atomic mass is 10.1. The first kappa shape index (κ1) is 16.5. The maximum absolute atomic E-state index is 12.4. The van der Waals surface area contributed by atoms with Crippen LogP contribution in [0.25, 0.3) is 0 Å². The van der Waals surface area contributed by atoms with Crippen molar-refractivity contribution in [3.63, 3.8) is 0 Å². The minimum Gasteiger partial charge on any atom is -0.477 e. The minimum atomic E-state index is -0.680. The number of halogens is 1. The summed E-state index contributed by atoms with van der Waals surface area (Å²) in [6, 6.07) is 2.63. The fraction of sp³-hybridized carbons (Fsp3) is 0.500. The van der Waals surface area contributed by atoms with Gasteiger partial charge in [-0.3, -0.25) is 14.9 Å². The Bertz CT molecular complexity index is 620. The van der Waals surface area contributed by atoms with Crippen LogP contribution in [-0.4, -0.2) is 48.5 Å². The highest BCUT2D eigenvalue weighted by atomic mass is 35.5. The van der Waals surface area contributed by atoms with E-state index in [9.17, 15) is 14.9 Å². The smallest absolute Gasteiger partial charge is 0.273 e. The summed E-state index contributed by atoms with van der Waals surface area (Å²) in [7, 11) is 3.81. The standard InChI is InChI=1S/C14H18ClN3O4/c1-8(16(3)4)7-17-12-6-10(18(20)21)5-11(15)13(12)22-9(2)14(17)19/h5-6,8-9H,7H2,1-4H3. The van der Waals surface area contributed by atoms with Gasteiger partial charge in [0.2, 0.25) is 0 Å². The maximum atomic E-state index is 12.4. The van der Waals surface area contributed by atoms with Gasteiger partial charge in [-0.2, -0.15) is 0 Å². The van der Waals surface area contributed by atoms with E-state index >= 15 is 0 Å². The van der Waals surface area contributed by atoms with Crippen LogP contribution in [0.4, 0.5) is 11.4 Å². The van der Waals surface area contributed by atoms with Gasteiger partial charge in [-0.1, -0.05) is 11.6 Å². The molecule has 1 aliphatic heterocycles. The van der Waals surface area contributed by atoms with Gasteiger partial charge in [-0.25, -0.2) is 0 Å². The number of benzene rings is 1. The molecule has 0 saturated carbocycles. The Kier molecular flexibility index (Phi) is 4.58. The van der Waals surface area contributed by atoms with Gasteiger partial charge in [-0.05, 0) is 27.9 Å². The van der Waals surface area contributed by atoms with Crippen molar-refractivity contribution in [3.05, 3.63) is 27.3 Å². The number of hydrogen-bond donors (Lipinski definition) is 0. The van der Waals surface area contributed by atoms with Crippen molar-refractivity contribution in [1.82, 2.24) is 4.90 Å². The van der Waals surface area contributed by atoms with Crippen molar-refractivity contribution in [2.45, 2.75) is 26.0 Å². The molecule has 2 atom stereocenters. The Balaban J connectivity index is 2.51. The number of nitro benzene ring substituents is 1. The SMILES string of the molecule is CC1Oc2c(Cl)cc([N+](=O)[O-])cc2N(CC(C)N(C)C)C1=O. The number of hydrogen-bond acceptors (Lipinski definition) is 5. The molecule has 0 N–H and O–H groups in total. The molecule has 0 radical (unpaired) electrons. The zero-order chi connectivity index (χ0) is 16.6. The van der Waals surface area contributed by atoms with Crippen molar-refractivity contribution >= 4 is 28.9 Å². The monoisotopic (exact) mass is 327 g/mol. The average Bonchev–Trinajstić information content (AvgIpc) is 2.44. The van der Waals surface area contributed by atoms with E-state index in [0.717, 1.165) is 0 Å². The zero-order valence-corrected chi connectivity index (χ0v) is 13.6. The number of non-ortho nitro benzene ring substituents is 1. The normalized spacial score (nSPS) is 18.9. The second-order valence-corrected chi connectivity index (χ2v) is 5.96. The van der Waals surface area contributed by atoms with Crippen molar-refractivity contribution in [2.75, 3.05) is 25.5 Å². The summed E-state index contributed by atoms with van der Waals surface area (Å²) in [5.41, 5.74) is 0.174. The number of carbonyl (C=O) groups is 1. The average molecular weight is 328 g/mol. The molecule has 1 heterocycles. The van der Waals surface area contributed by atoms with Crippen molar-refractivity contribution < 1.29 is 14.5 Å². The van der Waals surface area contributed by atoms with E-state index in [2.05, 4.69) is 0 Å². The number of anilines is 1. The fourth-order valence-electron chi connectivity index (χ4n) is 2.17. The summed E-state index contributed by atoms with van der Waals surface area (Å²) in [4.78, 5) is 26.4. The molecule has 1 aromatic carbocycles. The molecule has 0 aliphatic carbocycles. The molecule has 1 amide bonds. The highest BCUT2D eigenvalue weighted by molar-refractivity contribution is 6.33. The van der Waals surface area contributed by atoms with E-state index in [0.29, 0.717) is 18.0 Å². The number of rotatable bonds is 4. The molecule has 0 fully saturated rings. The molecule has 7 nitrogen and oxygen atoms in total. The van der Waals surface area contributed by atoms with Gasteiger partial charge in [0.15, 0.2) is 11.9 Å². The first-order valence-corrected chi connectivity index (χ1v) is 7.22. The number of fused-ring (bicyclic) bond motifs is 1. The van der Waals surface area contributed by atoms with Gasteiger partial charge in [0.1, 0.15) is 0 Å². The molecular weight excluding hydrogens is 310 g/mol. The second-order valence-electron chi connectivity index (χ2n) is 5.55. The third-order valence-electron chi connectivity index (χ3n) is 3.75. The van der Waals surface area contributed by atoms with Crippen LogP contribution in [-0.2, 0) is 4.79 Å². The van der Waals surface area contributed by atoms with E-state index in [1.54, 1.807) is 6.92 Å². The lowest BCUT2D eigenvalue weighted by Crippen LogP contribution is -2.49. The zero-order valence-electron chi connectivity index (χ0n) is 12.9. The van der Waals surface area contributed by atoms with E-state index in [-0.39, 0.29) is 22.7 Å². The Labute approximate surface area is 133 Å². The molecule has 22 heavy (non-hydrogen) atoms. The molecule has 0 bridgehead atoms. The lowest BCUT2D eigenvalue weighted by molar-refractivity contribution is -0.384. The number of carbonyl (C=O) groups excluding carboxylic acids is 1. The molecule has 1 aromatic rings. The first-order chi connectivity index (χ1) is 10.2. The van der Waals surface area contributed by atoms with Crippen molar-refractivity contribution in [1.29, 1.82) is 0 Å². The molecule has 0 spiro atoms. The van der Waals surface area contributed by atoms with Gasteiger partial charge < -0.3 is 14.5 Å². The highest BCUT2D eigenvalue weighted by Gasteiger charge is 2.35. The van der Waals surface area contributed by atoms with Gasteiger partial charge in [0, 0.05) is 24.7 Å². The first-order valence-electron chi connectivity index (χ1n) is 6.84. The van der Waals surface area contributed by atoms with Crippen LogP contribution in [0.3, 0.4) is 0 Å². The Morgan fingerprint density at radius 1 is 1.50 bits per heavy atom. The molecule has 120 valence electrons. The fourth-order valence-corrected chi connectivity index (χ4v) is 2.42. The summed E-state index contributed by atoms with van der Waals surface area (Å²) >= 11 is 6.09. The van der Waals surface area contributed by atoms with Crippen LogP contribution in [0.1, 0.15) is 13.8 Å². The Hall–Kier alpha value is -1.86. The minimum absolute atomic E-state index is 0.0696. The summed E-state index contributed by atoms with van der Waals surface area (Å²) in [6.07, 6.45) is -0.680. The summed E-state index contributed by atoms with van der Waals surface area (Å²) in [5.74, 6) is 0.0723. The van der Waals surface area contributed by atoms with Gasteiger partial charge in [0.05, 0.1) is 15.6 Å². The van der Waals surface area contributed by atoms with Gasteiger partial charge in [0.25, 0.3) is 11.6 Å². The second kappa shape index (κ2) is 6.10. The highest BCUT2D eigenvalue weighted by Crippen LogP contribution is 2.42. The number of nitro groups is 1. The predicted octanol–water partition coefficient (Wildman–Crippen LogP) is 2.31. The number of amides is 1. The van der Waals surface area contributed by atoms with Crippen LogP contribution >= 0.6 is 11.6 Å². The number of ether oxygens (including phenoxy) is 1. The van der Waals surface area contributed by atoms with Crippen LogP contribution in [0.15, 0.2) is 12.1 Å². The van der Waals surface area contributed by atoms with Crippen LogP contribution in [0.2, 0.25) is 5.02 Å². The van der Waals surface area contributed by atoms with E-state index in [4.69, 9.17) is 16.3 Å². The maximum Gasteiger partial charge on any atom is 0.273 e. The lowest BCUT2D eigenvalue weighted by Gasteiger charge is -2.36. The van der Waals surface area contributed by atoms with E-state index < -0.39 is 11.0 Å². The summed E-state index contributed by atoms with van der Waals surface area (Å²) in [5, 5.41) is 11.1. The predicted molar refractivity (Wildman–Crippen MR) is 83.7 cm³/mol. The Morgan fingerprint density at radius 2 is 2.14 bits per heavy atom. The molecule has 2 rings (SSSR count). The van der Waals surface area contributed by atoms with Gasteiger partial charge in [-0.15, -0.1) is 0 Å². The van der Waals surface area contributed by atoms with E-state index in [1.807, 2.05) is 25.9 Å².